The Morgan fingerprint density at radius 3 is 2.48 bits per heavy atom. The molecule has 21 heavy (non-hydrogen) atoms. The highest BCUT2D eigenvalue weighted by atomic mass is 32.2. The summed E-state index contributed by atoms with van der Waals surface area (Å²) in [5.74, 6) is 0.133. The number of amides is 1. The zero-order valence-electron chi connectivity index (χ0n) is 12.5. The van der Waals surface area contributed by atoms with E-state index in [1.54, 1.807) is 12.1 Å². The fourth-order valence-electron chi connectivity index (χ4n) is 1.93. The average Bonchev–Trinajstić information content (AvgIpc) is 2.44. The Kier molecular flexibility index (Phi) is 8.00. The van der Waals surface area contributed by atoms with Gasteiger partial charge in [0.15, 0.2) is 9.84 Å². The molecular formula is C15H24N2O3S. The van der Waals surface area contributed by atoms with Gasteiger partial charge in [0.25, 0.3) is 0 Å². The normalized spacial score (nSPS) is 11.3. The molecular weight excluding hydrogens is 288 g/mol. The Bertz CT molecular complexity index is 515. The molecule has 5 nitrogen and oxygen atoms in total. The third-order valence-electron chi connectivity index (χ3n) is 3.01. The van der Waals surface area contributed by atoms with Gasteiger partial charge in [-0.15, -0.1) is 0 Å². The fraction of sp³-hybridized carbons (Fsp3) is 0.533. The van der Waals surface area contributed by atoms with Crippen LogP contribution >= 0.6 is 0 Å². The van der Waals surface area contributed by atoms with E-state index in [-0.39, 0.29) is 17.4 Å². The number of carbonyl (C=O) groups excluding carboxylic acids is 1. The topological polar surface area (TPSA) is 75.3 Å². The maximum absolute atomic E-state index is 11.9. The maximum atomic E-state index is 11.9. The first-order chi connectivity index (χ1) is 10.0. The SMILES string of the molecule is CNCCCC(=O)NCCCS(=O)(=O)Cc1ccccc1. The monoisotopic (exact) mass is 312 g/mol. The summed E-state index contributed by atoms with van der Waals surface area (Å²) in [6, 6.07) is 9.13. The van der Waals surface area contributed by atoms with Crippen molar-refractivity contribution in [3.8, 4) is 0 Å². The van der Waals surface area contributed by atoms with E-state index >= 15 is 0 Å². The Morgan fingerprint density at radius 1 is 1.10 bits per heavy atom. The fourth-order valence-corrected chi connectivity index (χ4v) is 3.36. The summed E-state index contributed by atoms with van der Waals surface area (Å²) in [5.41, 5.74) is 0.800. The first-order valence-corrected chi connectivity index (χ1v) is 9.01. The third kappa shape index (κ3) is 8.47. The van der Waals surface area contributed by atoms with Crippen LogP contribution in [0, 0.1) is 0 Å². The van der Waals surface area contributed by atoms with Crippen molar-refractivity contribution in [3.63, 3.8) is 0 Å². The van der Waals surface area contributed by atoms with Gasteiger partial charge in [-0.05, 0) is 32.0 Å². The number of hydrogen-bond donors (Lipinski definition) is 2. The average molecular weight is 312 g/mol. The number of rotatable bonds is 10. The molecule has 1 rings (SSSR count). The van der Waals surface area contributed by atoms with Crippen molar-refractivity contribution >= 4 is 15.7 Å². The summed E-state index contributed by atoms with van der Waals surface area (Å²) in [6.45, 7) is 1.21. The van der Waals surface area contributed by atoms with Crippen molar-refractivity contribution < 1.29 is 13.2 Å². The summed E-state index contributed by atoms with van der Waals surface area (Å²) < 4.78 is 23.9. The molecule has 0 aromatic heterocycles. The Balaban J connectivity index is 2.21. The zero-order valence-corrected chi connectivity index (χ0v) is 13.3. The Labute approximate surface area is 127 Å². The molecule has 0 saturated carbocycles. The van der Waals surface area contributed by atoms with Crippen LogP contribution in [-0.2, 0) is 20.4 Å². The number of carbonyl (C=O) groups is 1. The minimum Gasteiger partial charge on any atom is -0.356 e. The maximum Gasteiger partial charge on any atom is 0.220 e. The van der Waals surface area contributed by atoms with Crippen molar-refractivity contribution in [2.75, 3.05) is 25.9 Å². The molecule has 1 amide bonds. The number of nitrogens with one attached hydrogen (secondary N) is 2. The highest BCUT2D eigenvalue weighted by Gasteiger charge is 2.11. The lowest BCUT2D eigenvalue weighted by Crippen LogP contribution is -2.26. The van der Waals surface area contributed by atoms with Crippen LogP contribution in [0.4, 0.5) is 0 Å². The quantitative estimate of drug-likeness (QED) is 0.635. The van der Waals surface area contributed by atoms with Gasteiger partial charge in [0.05, 0.1) is 11.5 Å². The van der Waals surface area contributed by atoms with Gasteiger partial charge in [0.2, 0.25) is 5.91 Å². The summed E-state index contributed by atoms with van der Waals surface area (Å²) >= 11 is 0. The van der Waals surface area contributed by atoms with E-state index in [1.807, 2.05) is 25.2 Å². The molecule has 1 aromatic carbocycles. The molecule has 0 aliphatic heterocycles. The van der Waals surface area contributed by atoms with Crippen molar-refractivity contribution in [2.24, 2.45) is 0 Å². The van der Waals surface area contributed by atoms with Crippen molar-refractivity contribution in [1.82, 2.24) is 10.6 Å². The van der Waals surface area contributed by atoms with Crippen LogP contribution in [0.15, 0.2) is 30.3 Å². The molecule has 0 bridgehead atoms. The molecule has 2 N–H and O–H groups in total. The molecule has 0 radical (unpaired) electrons. The number of sulfone groups is 1. The van der Waals surface area contributed by atoms with E-state index in [0.29, 0.717) is 19.4 Å². The molecule has 0 aliphatic carbocycles. The van der Waals surface area contributed by atoms with Crippen LogP contribution in [0.1, 0.15) is 24.8 Å². The third-order valence-corrected chi connectivity index (χ3v) is 4.70. The van der Waals surface area contributed by atoms with E-state index < -0.39 is 9.84 Å². The lowest BCUT2D eigenvalue weighted by Gasteiger charge is -2.06. The van der Waals surface area contributed by atoms with Crippen LogP contribution in [0.5, 0.6) is 0 Å². The second kappa shape index (κ2) is 9.52. The lowest BCUT2D eigenvalue weighted by molar-refractivity contribution is -0.121. The predicted molar refractivity (Wildman–Crippen MR) is 84.7 cm³/mol. The predicted octanol–water partition coefficient (Wildman–Crippen LogP) is 1.11. The van der Waals surface area contributed by atoms with Gasteiger partial charge < -0.3 is 10.6 Å². The zero-order chi connectivity index (χ0) is 15.6. The van der Waals surface area contributed by atoms with Crippen molar-refractivity contribution in [1.29, 1.82) is 0 Å². The molecule has 1 aromatic rings. The summed E-state index contributed by atoms with van der Waals surface area (Å²) in [6.07, 6.45) is 1.71. The van der Waals surface area contributed by atoms with E-state index in [4.69, 9.17) is 0 Å². The van der Waals surface area contributed by atoms with Crippen LogP contribution in [0.25, 0.3) is 0 Å². The highest BCUT2D eigenvalue weighted by Crippen LogP contribution is 2.06. The summed E-state index contributed by atoms with van der Waals surface area (Å²) in [7, 11) is -1.27. The van der Waals surface area contributed by atoms with E-state index in [2.05, 4.69) is 10.6 Å². The molecule has 0 fully saturated rings. The molecule has 0 unspecified atom stereocenters. The van der Waals surface area contributed by atoms with Gasteiger partial charge in [0.1, 0.15) is 0 Å². The van der Waals surface area contributed by atoms with Gasteiger partial charge in [-0.25, -0.2) is 8.42 Å². The first kappa shape index (κ1) is 17.7. The molecule has 6 heteroatoms. The van der Waals surface area contributed by atoms with E-state index in [1.165, 1.54) is 0 Å². The Hall–Kier alpha value is -1.40. The first-order valence-electron chi connectivity index (χ1n) is 7.19. The van der Waals surface area contributed by atoms with Crippen molar-refractivity contribution in [3.05, 3.63) is 35.9 Å². The minimum atomic E-state index is -3.11. The Morgan fingerprint density at radius 2 is 1.81 bits per heavy atom. The number of benzene rings is 1. The van der Waals surface area contributed by atoms with Gasteiger partial charge in [-0.2, -0.15) is 0 Å². The van der Waals surface area contributed by atoms with Crippen molar-refractivity contribution in [2.45, 2.75) is 25.0 Å². The summed E-state index contributed by atoms with van der Waals surface area (Å²) in [5, 5.41) is 5.72. The molecule has 0 atom stereocenters. The smallest absolute Gasteiger partial charge is 0.220 e. The summed E-state index contributed by atoms with van der Waals surface area (Å²) in [4.78, 5) is 11.4. The van der Waals surface area contributed by atoms with Gasteiger partial charge in [-0.3, -0.25) is 4.79 Å². The van der Waals surface area contributed by atoms with Gasteiger partial charge in [-0.1, -0.05) is 30.3 Å². The molecule has 0 aliphatic rings. The molecule has 0 spiro atoms. The largest absolute Gasteiger partial charge is 0.356 e. The standard InChI is InChI=1S/C15H24N2O3S/c1-16-10-5-9-15(18)17-11-6-12-21(19,20)13-14-7-3-2-4-8-14/h2-4,7-8,16H,5-6,9-13H2,1H3,(H,17,18). The van der Waals surface area contributed by atoms with Crippen LogP contribution < -0.4 is 10.6 Å². The van der Waals surface area contributed by atoms with Crippen LogP contribution in [-0.4, -0.2) is 40.2 Å². The van der Waals surface area contributed by atoms with Gasteiger partial charge in [0, 0.05) is 13.0 Å². The van der Waals surface area contributed by atoms with Crippen LogP contribution in [0.3, 0.4) is 0 Å². The second-order valence-electron chi connectivity index (χ2n) is 4.99. The second-order valence-corrected chi connectivity index (χ2v) is 7.17. The lowest BCUT2D eigenvalue weighted by atomic mass is 10.2. The van der Waals surface area contributed by atoms with Gasteiger partial charge >= 0.3 is 0 Å². The molecule has 118 valence electrons. The number of hydrogen-bond acceptors (Lipinski definition) is 4. The molecule has 0 saturated heterocycles. The highest BCUT2D eigenvalue weighted by molar-refractivity contribution is 7.90. The van der Waals surface area contributed by atoms with E-state index in [0.717, 1.165) is 18.5 Å². The van der Waals surface area contributed by atoms with E-state index in [9.17, 15) is 13.2 Å². The minimum absolute atomic E-state index is 0.0225. The van der Waals surface area contributed by atoms with Crippen LogP contribution in [0.2, 0.25) is 0 Å². The molecule has 0 heterocycles.